The fraction of sp³-hybridized carbons (Fsp3) is 0.0286. The van der Waals surface area contributed by atoms with E-state index in [2.05, 4.69) is 125 Å². The van der Waals surface area contributed by atoms with E-state index < -0.39 is 0 Å². The topological polar surface area (TPSA) is 13.1 Å². The number of fused-ring (bicyclic) bond motifs is 8. The molecule has 0 spiro atoms. The van der Waals surface area contributed by atoms with Crippen molar-refractivity contribution in [2.45, 2.75) is 5.92 Å². The molecule has 0 amide bonds. The Bertz CT molecular complexity index is 2000. The fourth-order valence-electron chi connectivity index (χ4n) is 6.17. The molecule has 0 N–H and O–H groups in total. The molecule has 8 rings (SSSR count). The largest absolute Gasteiger partial charge is 0.456 e. The Kier molecular flexibility index (Phi) is 4.50. The normalized spacial score (nSPS) is 14.4. The molecule has 37 heavy (non-hydrogen) atoms. The molecule has 6 aromatic carbocycles. The Hall–Kier alpha value is -4.14. The van der Waals surface area contributed by atoms with Gasteiger partial charge in [0.25, 0.3) is 0 Å². The summed E-state index contributed by atoms with van der Waals surface area (Å²) in [7, 11) is 0. The van der Waals surface area contributed by atoms with Crippen molar-refractivity contribution in [3.05, 3.63) is 142 Å². The molecular formula is C35H21BrO. The van der Waals surface area contributed by atoms with E-state index in [9.17, 15) is 0 Å². The van der Waals surface area contributed by atoms with Crippen molar-refractivity contribution < 1.29 is 4.42 Å². The van der Waals surface area contributed by atoms with E-state index in [0.29, 0.717) is 0 Å². The number of hydrogen-bond acceptors (Lipinski definition) is 1. The van der Waals surface area contributed by atoms with Gasteiger partial charge in [0.15, 0.2) is 0 Å². The molecule has 1 atom stereocenters. The minimum absolute atomic E-state index is 0.237. The second-order valence-corrected chi connectivity index (χ2v) is 10.7. The van der Waals surface area contributed by atoms with Gasteiger partial charge in [-0.1, -0.05) is 107 Å². The molecule has 1 heterocycles. The number of rotatable bonds is 2. The zero-order valence-corrected chi connectivity index (χ0v) is 21.5. The van der Waals surface area contributed by atoms with Gasteiger partial charge in [0.2, 0.25) is 0 Å². The smallest absolute Gasteiger partial charge is 0.136 e. The Morgan fingerprint density at radius 1 is 0.568 bits per heavy atom. The first-order valence-corrected chi connectivity index (χ1v) is 13.4. The highest BCUT2D eigenvalue weighted by Gasteiger charge is 2.31. The first kappa shape index (κ1) is 21.0. The summed E-state index contributed by atoms with van der Waals surface area (Å²) in [5.74, 6) is 0.237. The van der Waals surface area contributed by atoms with Gasteiger partial charge in [-0.3, -0.25) is 0 Å². The molecule has 1 aliphatic carbocycles. The van der Waals surface area contributed by atoms with Crippen LogP contribution in [0.1, 0.15) is 22.6 Å². The second-order valence-electron chi connectivity index (χ2n) is 9.82. The maximum atomic E-state index is 6.13. The molecule has 7 aromatic rings. The third-order valence-electron chi connectivity index (χ3n) is 7.82. The molecule has 1 aromatic heterocycles. The molecular weight excluding hydrogens is 516 g/mol. The molecule has 0 radical (unpaired) electrons. The Balaban J connectivity index is 1.38. The summed E-state index contributed by atoms with van der Waals surface area (Å²) in [6.45, 7) is 0. The summed E-state index contributed by atoms with van der Waals surface area (Å²) in [6, 6.07) is 43.9. The predicted molar refractivity (Wildman–Crippen MR) is 157 cm³/mol. The highest BCUT2D eigenvalue weighted by molar-refractivity contribution is 9.10. The third kappa shape index (κ3) is 3.09. The molecule has 1 unspecified atom stereocenters. The minimum atomic E-state index is 0.237. The summed E-state index contributed by atoms with van der Waals surface area (Å²) in [6.07, 6.45) is 0. The average Bonchev–Trinajstić information content (AvgIpc) is 3.49. The van der Waals surface area contributed by atoms with E-state index in [0.717, 1.165) is 26.4 Å². The average molecular weight is 537 g/mol. The standard InChI is InChI=1S/C35H21BrO/c36-30-11-6-12-32-35(30)29-20-24(15-18-31(29)37-32)23-14-16-26-28(19-23)34-25-10-5-4-7-21(25)13-17-27(34)33(26)22-8-2-1-3-9-22/h1-20,33H. The van der Waals surface area contributed by atoms with Crippen molar-refractivity contribution in [3.63, 3.8) is 0 Å². The Labute approximate surface area is 223 Å². The summed E-state index contributed by atoms with van der Waals surface area (Å²) in [5.41, 5.74) is 11.0. The quantitative estimate of drug-likeness (QED) is 0.214. The van der Waals surface area contributed by atoms with Crippen LogP contribution in [0, 0.1) is 0 Å². The lowest BCUT2D eigenvalue weighted by molar-refractivity contribution is 0.669. The van der Waals surface area contributed by atoms with E-state index in [1.165, 1.54) is 49.7 Å². The van der Waals surface area contributed by atoms with E-state index in [1.807, 2.05) is 12.1 Å². The molecule has 0 saturated carbocycles. The number of hydrogen-bond donors (Lipinski definition) is 0. The van der Waals surface area contributed by atoms with Gasteiger partial charge >= 0.3 is 0 Å². The van der Waals surface area contributed by atoms with Crippen LogP contribution < -0.4 is 0 Å². The lowest BCUT2D eigenvalue weighted by Crippen LogP contribution is -1.98. The van der Waals surface area contributed by atoms with Gasteiger partial charge in [0.05, 0.1) is 0 Å². The van der Waals surface area contributed by atoms with Gasteiger partial charge in [-0.05, 0) is 80.0 Å². The summed E-state index contributed by atoms with van der Waals surface area (Å²) < 4.78 is 7.18. The molecule has 0 saturated heterocycles. The van der Waals surface area contributed by atoms with Crippen molar-refractivity contribution in [3.8, 4) is 22.3 Å². The fourth-order valence-corrected chi connectivity index (χ4v) is 6.73. The van der Waals surface area contributed by atoms with E-state index in [-0.39, 0.29) is 5.92 Å². The highest BCUT2D eigenvalue weighted by Crippen LogP contribution is 2.51. The van der Waals surface area contributed by atoms with Crippen molar-refractivity contribution in [1.29, 1.82) is 0 Å². The zero-order valence-electron chi connectivity index (χ0n) is 19.9. The molecule has 0 bridgehead atoms. The minimum Gasteiger partial charge on any atom is -0.456 e. The van der Waals surface area contributed by atoms with Crippen LogP contribution >= 0.6 is 15.9 Å². The van der Waals surface area contributed by atoms with Crippen LogP contribution in [0.2, 0.25) is 0 Å². The monoisotopic (exact) mass is 536 g/mol. The van der Waals surface area contributed by atoms with Crippen LogP contribution in [0.4, 0.5) is 0 Å². The second kappa shape index (κ2) is 7.93. The third-order valence-corrected chi connectivity index (χ3v) is 8.48. The van der Waals surface area contributed by atoms with Crippen LogP contribution in [0.15, 0.2) is 130 Å². The molecule has 0 aliphatic heterocycles. The van der Waals surface area contributed by atoms with Crippen LogP contribution in [-0.2, 0) is 0 Å². The number of furan rings is 1. The molecule has 1 nitrogen and oxygen atoms in total. The van der Waals surface area contributed by atoms with Gasteiger partial charge in [-0.25, -0.2) is 0 Å². The zero-order chi connectivity index (χ0) is 24.5. The molecule has 2 heteroatoms. The Morgan fingerprint density at radius 3 is 2.27 bits per heavy atom. The summed E-state index contributed by atoms with van der Waals surface area (Å²) in [4.78, 5) is 0. The SMILES string of the molecule is Brc1cccc2oc3ccc(-c4ccc5c(c4)-c4c(ccc6ccccc46)C5c4ccccc4)cc3c12. The van der Waals surface area contributed by atoms with Gasteiger partial charge in [-0.15, -0.1) is 0 Å². The molecule has 0 fully saturated rings. The lowest BCUT2D eigenvalue weighted by Gasteiger charge is -2.15. The van der Waals surface area contributed by atoms with Crippen molar-refractivity contribution in [2.24, 2.45) is 0 Å². The van der Waals surface area contributed by atoms with Crippen molar-refractivity contribution in [2.75, 3.05) is 0 Å². The highest BCUT2D eigenvalue weighted by atomic mass is 79.9. The lowest BCUT2D eigenvalue weighted by atomic mass is 9.88. The van der Waals surface area contributed by atoms with Gasteiger partial charge in [-0.2, -0.15) is 0 Å². The summed E-state index contributed by atoms with van der Waals surface area (Å²) in [5, 5.41) is 4.86. The number of halogens is 1. The van der Waals surface area contributed by atoms with Gasteiger partial charge < -0.3 is 4.42 Å². The Morgan fingerprint density at radius 2 is 1.35 bits per heavy atom. The molecule has 1 aliphatic rings. The van der Waals surface area contributed by atoms with E-state index >= 15 is 0 Å². The van der Waals surface area contributed by atoms with Crippen molar-refractivity contribution in [1.82, 2.24) is 0 Å². The maximum Gasteiger partial charge on any atom is 0.136 e. The van der Waals surface area contributed by atoms with Crippen LogP contribution in [0.5, 0.6) is 0 Å². The van der Waals surface area contributed by atoms with Crippen LogP contribution in [-0.4, -0.2) is 0 Å². The molecule has 174 valence electrons. The first-order valence-electron chi connectivity index (χ1n) is 12.6. The van der Waals surface area contributed by atoms with Gasteiger partial charge in [0, 0.05) is 21.2 Å². The maximum absolute atomic E-state index is 6.13. The van der Waals surface area contributed by atoms with Crippen molar-refractivity contribution >= 4 is 48.6 Å². The van der Waals surface area contributed by atoms with Gasteiger partial charge in [0.1, 0.15) is 11.2 Å². The van der Waals surface area contributed by atoms with Crippen LogP contribution in [0.3, 0.4) is 0 Å². The summed E-state index contributed by atoms with van der Waals surface area (Å²) >= 11 is 3.73. The van der Waals surface area contributed by atoms with E-state index in [4.69, 9.17) is 4.42 Å². The van der Waals surface area contributed by atoms with Crippen LogP contribution in [0.25, 0.3) is 55.0 Å². The first-order chi connectivity index (χ1) is 18.3. The predicted octanol–water partition coefficient (Wildman–Crippen LogP) is 10.3. The number of benzene rings is 6. The van der Waals surface area contributed by atoms with E-state index in [1.54, 1.807) is 0 Å².